The lowest BCUT2D eigenvalue weighted by molar-refractivity contribution is 0.536. The van der Waals surface area contributed by atoms with Crippen LogP contribution in [0.4, 0.5) is 0 Å². The second-order valence-corrected chi connectivity index (χ2v) is 8.10. The molecule has 4 heteroatoms. The standard InChI is InChI=1S/C16H19BrO2S/c1-13(8-10-17)9-11-20(18,19)16-7-6-14-4-2-3-5-15(14)12-16/h2-7,12-13H,8-11H2,1H3. The summed E-state index contributed by atoms with van der Waals surface area (Å²) in [6.07, 6.45) is 1.72. The number of alkyl halides is 1. The third-order valence-electron chi connectivity index (χ3n) is 3.56. The molecular weight excluding hydrogens is 336 g/mol. The van der Waals surface area contributed by atoms with Crippen LogP contribution in [0.1, 0.15) is 19.8 Å². The van der Waals surface area contributed by atoms with Crippen molar-refractivity contribution in [3.8, 4) is 0 Å². The van der Waals surface area contributed by atoms with E-state index in [-0.39, 0.29) is 5.75 Å². The minimum absolute atomic E-state index is 0.222. The molecule has 0 fully saturated rings. The molecule has 0 aliphatic rings. The van der Waals surface area contributed by atoms with Gasteiger partial charge >= 0.3 is 0 Å². The topological polar surface area (TPSA) is 34.1 Å². The highest BCUT2D eigenvalue weighted by Crippen LogP contribution is 2.21. The molecule has 108 valence electrons. The Hall–Kier alpha value is -0.870. The molecule has 0 spiro atoms. The third kappa shape index (κ3) is 3.83. The van der Waals surface area contributed by atoms with Gasteiger partial charge in [-0.15, -0.1) is 0 Å². The maximum absolute atomic E-state index is 12.4. The van der Waals surface area contributed by atoms with E-state index in [1.165, 1.54) is 0 Å². The first-order chi connectivity index (χ1) is 9.53. The van der Waals surface area contributed by atoms with Gasteiger partial charge in [0.25, 0.3) is 0 Å². The first-order valence-electron chi connectivity index (χ1n) is 6.80. The summed E-state index contributed by atoms with van der Waals surface area (Å²) < 4.78 is 24.7. The molecule has 20 heavy (non-hydrogen) atoms. The van der Waals surface area contributed by atoms with Crippen LogP contribution in [0, 0.1) is 5.92 Å². The van der Waals surface area contributed by atoms with Crippen LogP contribution < -0.4 is 0 Å². The van der Waals surface area contributed by atoms with Crippen molar-refractivity contribution < 1.29 is 8.42 Å². The predicted molar refractivity (Wildman–Crippen MR) is 88.2 cm³/mol. The van der Waals surface area contributed by atoms with Crippen molar-refractivity contribution >= 4 is 36.5 Å². The van der Waals surface area contributed by atoms with E-state index < -0.39 is 9.84 Å². The number of hydrogen-bond donors (Lipinski definition) is 0. The molecule has 0 radical (unpaired) electrons. The molecule has 0 aromatic heterocycles. The van der Waals surface area contributed by atoms with Gasteiger partial charge in [0.05, 0.1) is 10.6 Å². The van der Waals surface area contributed by atoms with Crippen molar-refractivity contribution in [3.05, 3.63) is 42.5 Å². The zero-order chi connectivity index (χ0) is 14.6. The Bertz CT molecular complexity index is 680. The molecule has 0 bridgehead atoms. The van der Waals surface area contributed by atoms with Gasteiger partial charge in [0.15, 0.2) is 9.84 Å². The second kappa shape index (κ2) is 6.72. The van der Waals surface area contributed by atoms with Crippen LogP contribution >= 0.6 is 15.9 Å². The van der Waals surface area contributed by atoms with Gasteiger partial charge in [-0.1, -0.05) is 53.2 Å². The van der Waals surface area contributed by atoms with E-state index in [2.05, 4.69) is 22.9 Å². The molecule has 0 saturated heterocycles. The van der Waals surface area contributed by atoms with Gasteiger partial charge in [0, 0.05) is 5.33 Å². The predicted octanol–water partition coefficient (Wildman–Crippen LogP) is 4.42. The minimum atomic E-state index is -3.18. The first-order valence-corrected chi connectivity index (χ1v) is 9.58. The fraction of sp³-hybridized carbons (Fsp3) is 0.375. The molecule has 2 aromatic carbocycles. The van der Waals surface area contributed by atoms with E-state index in [9.17, 15) is 8.42 Å². The Kier molecular flexibility index (Phi) is 5.22. The van der Waals surface area contributed by atoms with Crippen LogP contribution in [0.2, 0.25) is 0 Å². The molecule has 0 saturated carbocycles. The molecular formula is C16H19BrO2S. The Labute approximate surface area is 129 Å². The second-order valence-electron chi connectivity index (χ2n) is 5.20. The van der Waals surface area contributed by atoms with Crippen LogP contribution in [0.15, 0.2) is 47.4 Å². The van der Waals surface area contributed by atoms with E-state index in [0.29, 0.717) is 17.2 Å². The smallest absolute Gasteiger partial charge is 0.178 e. The largest absolute Gasteiger partial charge is 0.224 e. The van der Waals surface area contributed by atoms with Gasteiger partial charge in [0.2, 0.25) is 0 Å². The van der Waals surface area contributed by atoms with Gasteiger partial charge in [-0.05, 0) is 41.7 Å². The van der Waals surface area contributed by atoms with Crippen molar-refractivity contribution in [1.82, 2.24) is 0 Å². The Morgan fingerprint density at radius 3 is 2.45 bits per heavy atom. The van der Waals surface area contributed by atoms with Crippen molar-refractivity contribution in [3.63, 3.8) is 0 Å². The summed E-state index contributed by atoms with van der Waals surface area (Å²) in [6, 6.07) is 13.2. The van der Waals surface area contributed by atoms with E-state index in [1.807, 2.05) is 30.3 Å². The molecule has 2 aromatic rings. The average molecular weight is 355 g/mol. The van der Waals surface area contributed by atoms with Crippen LogP contribution in [-0.4, -0.2) is 19.5 Å². The van der Waals surface area contributed by atoms with Crippen molar-refractivity contribution in [2.75, 3.05) is 11.1 Å². The lowest BCUT2D eigenvalue weighted by atomic mass is 10.1. The van der Waals surface area contributed by atoms with Crippen LogP contribution in [-0.2, 0) is 9.84 Å². The number of benzene rings is 2. The fourth-order valence-electron chi connectivity index (χ4n) is 2.17. The molecule has 2 nitrogen and oxygen atoms in total. The molecule has 0 amide bonds. The van der Waals surface area contributed by atoms with Crippen LogP contribution in [0.25, 0.3) is 10.8 Å². The van der Waals surface area contributed by atoms with Crippen LogP contribution in [0.5, 0.6) is 0 Å². The monoisotopic (exact) mass is 354 g/mol. The number of hydrogen-bond acceptors (Lipinski definition) is 2. The lowest BCUT2D eigenvalue weighted by Crippen LogP contribution is -2.10. The maximum Gasteiger partial charge on any atom is 0.178 e. The van der Waals surface area contributed by atoms with E-state index in [1.54, 1.807) is 12.1 Å². The molecule has 0 aliphatic carbocycles. The highest BCUT2D eigenvalue weighted by molar-refractivity contribution is 9.09. The van der Waals surface area contributed by atoms with Gasteiger partial charge in [-0.2, -0.15) is 0 Å². The lowest BCUT2D eigenvalue weighted by Gasteiger charge is -2.10. The van der Waals surface area contributed by atoms with Crippen molar-refractivity contribution in [2.24, 2.45) is 5.92 Å². The number of halogens is 1. The average Bonchev–Trinajstić information content (AvgIpc) is 2.45. The molecule has 0 N–H and O–H groups in total. The maximum atomic E-state index is 12.4. The summed E-state index contributed by atoms with van der Waals surface area (Å²) in [5.74, 6) is 0.643. The van der Waals surface area contributed by atoms with Gasteiger partial charge < -0.3 is 0 Å². The minimum Gasteiger partial charge on any atom is -0.224 e. The normalized spacial score (nSPS) is 13.5. The van der Waals surface area contributed by atoms with E-state index >= 15 is 0 Å². The van der Waals surface area contributed by atoms with Crippen LogP contribution in [0.3, 0.4) is 0 Å². The highest BCUT2D eigenvalue weighted by atomic mass is 79.9. The molecule has 0 aliphatic heterocycles. The Morgan fingerprint density at radius 1 is 1.05 bits per heavy atom. The molecule has 1 atom stereocenters. The summed E-state index contributed by atoms with van der Waals surface area (Å²) in [5.41, 5.74) is 0. The van der Waals surface area contributed by atoms with E-state index in [4.69, 9.17) is 0 Å². The highest BCUT2D eigenvalue weighted by Gasteiger charge is 2.16. The fourth-order valence-corrected chi connectivity index (χ4v) is 4.48. The number of sulfone groups is 1. The van der Waals surface area contributed by atoms with Crippen molar-refractivity contribution in [1.29, 1.82) is 0 Å². The quantitative estimate of drug-likeness (QED) is 0.719. The third-order valence-corrected chi connectivity index (χ3v) is 5.76. The van der Waals surface area contributed by atoms with Crippen molar-refractivity contribution in [2.45, 2.75) is 24.7 Å². The zero-order valence-corrected chi connectivity index (χ0v) is 14.0. The molecule has 1 unspecified atom stereocenters. The van der Waals surface area contributed by atoms with E-state index in [0.717, 1.165) is 22.5 Å². The summed E-state index contributed by atoms with van der Waals surface area (Å²) in [4.78, 5) is 0.433. The SMILES string of the molecule is CC(CCBr)CCS(=O)(=O)c1ccc2ccccc2c1. The zero-order valence-electron chi connectivity index (χ0n) is 11.5. The Morgan fingerprint density at radius 2 is 1.75 bits per heavy atom. The summed E-state index contributed by atoms with van der Waals surface area (Å²) in [5, 5.41) is 2.96. The van der Waals surface area contributed by atoms with Gasteiger partial charge in [-0.3, -0.25) is 0 Å². The number of fused-ring (bicyclic) bond motifs is 1. The summed E-state index contributed by atoms with van der Waals surface area (Å²) in [6.45, 7) is 2.09. The van der Waals surface area contributed by atoms with Gasteiger partial charge in [-0.25, -0.2) is 8.42 Å². The summed E-state index contributed by atoms with van der Waals surface area (Å²) in [7, 11) is -3.18. The number of rotatable bonds is 6. The van der Waals surface area contributed by atoms with Gasteiger partial charge in [0.1, 0.15) is 0 Å². The molecule has 0 heterocycles. The molecule has 2 rings (SSSR count). The Balaban J connectivity index is 2.19. The summed E-state index contributed by atoms with van der Waals surface area (Å²) >= 11 is 3.39. The first kappa shape index (κ1) is 15.5.